The molecule has 0 fully saturated rings. The quantitative estimate of drug-likeness (QED) is 0.139. The molecule has 12 rings (SSSR count). The molecule has 11 aromatic carbocycles. The van der Waals surface area contributed by atoms with Gasteiger partial charge in [0.25, 0.3) is 0 Å². The third-order valence-electron chi connectivity index (χ3n) is 12.7. The molecule has 12 aromatic rings. The molecule has 0 amide bonds. The number of benzene rings is 11. The Hall–Kier alpha value is -8.46. The minimum atomic E-state index is 1.07. The van der Waals surface area contributed by atoms with E-state index in [0.29, 0.717) is 0 Å². The number of para-hydroxylation sites is 4. The molecule has 0 unspecified atom stereocenters. The summed E-state index contributed by atoms with van der Waals surface area (Å²) in [5.41, 5.74) is 16.3. The summed E-state index contributed by atoms with van der Waals surface area (Å²) in [5.74, 6) is 0. The Bertz CT molecular complexity index is 3650. The lowest BCUT2D eigenvalue weighted by molar-refractivity contribution is 1.18. The highest BCUT2D eigenvalue weighted by atomic mass is 15.1. The molecule has 0 atom stereocenters. The van der Waals surface area contributed by atoms with Crippen molar-refractivity contribution in [2.45, 2.75) is 0 Å². The summed E-state index contributed by atoms with van der Waals surface area (Å²) in [6.45, 7) is 0. The summed E-state index contributed by atoms with van der Waals surface area (Å²) in [7, 11) is 0. The maximum atomic E-state index is 2.46. The lowest BCUT2D eigenvalue weighted by atomic mass is 9.85. The summed E-state index contributed by atoms with van der Waals surface area (Å²) in [6.07, 6.45) is 0. The summed E-state index contributed by atoms with van der Waals surface area (Å²) in [5, 5.41) is 7.39. The van der Waals surface area contributed by atoms with Gasteiger partial charge in [-0.25, -0.2) is 0 Å². The van der Waals surface area contributed by atoms with Crippen molar-refractivity contribution >= 4 is 60.4 Å². The molecule has 0 saturated heterocycles. The first kappa shape index (κ1) is 37.3. The average Bonchev–Trinajstić information content (AvgIpc) is 3.72. The Kier molecular flexibility index (Phi) is 9.20. The normalized spacial score (nSPS) is 11.4. The number of nitrogens with zero attached hydrogens (tertiary/aromatic N) is 2. The van der Waals surface area contributed by atoms with Gasteiger partial charge in [-0.3, -0.25) is 0 Å². The lowest BCUT2D eigenvalue weighted by Gasteiger charge is -2.29. The van der Waals surface area contributed by atoms with Crippen molar-refractivity contribution in [3.8, 4) is 50.2 Å². The van der Waals surface area contributed by atoms with E-state index >= 15 is 0 Å². The van der Waals surface area contributed by atoms with Crippen molar-refractivity contribution in [1.82, 2.24) is 4.57 Å². The van der Waals surface area contributed by atoms with Crippen LogP contribution < -0.4 is 4.90 Å². The number of hydrogen-bond acceptors (Lipinski definition) is 1. The van der Waals surface area contributed by atoms with Crippen LogP contribution in [0.4, 0.5) is 17.1 Å². The maximum absolute atomic E-state index is 2.46. The Morgan fingerprint density at radius 3 is 1.52 bits per heavy atom. The fourth-order valence-corrected chi connectivity index (χ4v) is 9.99. The van der Waals surface area contributed by atoms with E-state index in [0.717, 1.165) is 33.9 Å². The van der Waals surface area contributed by atoms with Gasteiger partial charge >= 0.3 is 0 Å². The molecule has 0 aliphatic rings. The second-order valence-electron chi connectivity index (χ2n) is 16.4. The van der Waals surface area contributed by atoms with E-state index in [-0.39, 0.29) is 0 Å². The number of rotatable bonds is 8. The van der Waals surface area contributed by atoms with Gasteiger partial charge in [0.15, 0.2) is 0 Å². The van der Waals surface area contributed by atoms with Gasteiger partial charge in [0.2, 0.25) is 0 Å². The molecule has 0 aliphatic carbocycles. The van der Waals surface area contributed by atoms with E-state index in [1.54, 1.807) is 0 Å². The predicted octanol–water partition coefficient (Wildman–Crippen LogP) is 17.2. The molecule has 0 bridgehead atoms. The van der Waals surface area contributed by atoms with E-state index in [4.69, 9.17) is 0 Å². The first-order chi connectivity index (χ1) is 31.8. The summed E-state index contributed by atoms with van der Waals surface area (Å²) in [6, 6.07) is 92.8. The second kappa shape index (κ2) is 15.8. The summed E-state index contributed by atoms with van der Waals surface area (Å²) in [4.78, 5) is 2.46. The van der Waals surface area contributed by atoms with E-state index in [1.807, 2.05) is 0 Å². The van der Waals surface area contributed by atoms with Gasteiger partial charge in [0, 0.05) is 39.0 Å². The zero-order valence-corrected chi connectivity index (χ0v) is 35.1. The fraction of sp³-hybridized carbons (Fsp3) is 0. The van der Waals surface area contributed by atoms with Crippen molar-refractivity contribution in [3.63, 3.8) is 0 Å². The Balaban J connectivity index is 1.15. The van der Waals surface area contributed by atoms with Crippen LogP contribution in [-0.2, 0) is 0 Å². The maximum Gasteiger partial charge on any atom is 0.0619 e. The molecule has 1 heterocycles. The third kappa shape index (κ3) is 6.27. The highest BCUT2D eigenvalue weighted by Gasteiger charge is 2.23. The number of aromatic nitrogens is 1. The Morgan fingerprint density at radius 1 is 0.281 bits per heavy atom. The molecule has 0 N–H and O–H groups in total. The molecule has 2 heteroatoms. The minimum absolute atomic E-state index is 1.07. The van der Waals surface area contributed by atoms with Crippen LogP contribution in [0.5, 0.6) is 0 Å². The monoisotopic (exact) mass is 814 g/mol. The van der Waals surface area contributed by atoms with Crippen LogP contribution in [0.25, 0.3) is 93.5 Å². The molecular weight excluding hydrogens is 773 g/mol. The van der Waals surface area contributed by atoms with E-state index in [2.05, 4.69) is 264 Å². The van der Waals surface area contributed by atoms with Crippen LogP contribution in [0.15, 0.2) is 255 Å². The van der Waals surface area contributed by atoms with Gasteiger partial charge in [-0.2, -0.15) is 0 Å². The van der Waals surface area contributed by atoms with E-state index in [1.165, 1.54) is 76.7 Å². The molecule has 1 aromatic heterocycles. The van der Waals surface area contributed by atoms with Crippen LogP contribution in [0.2, 0.25) is 0 Å². The van der Waals surface area contributed by atoms with E-state index < -0.39 is 0 Å². The van der Waals surface area contributed by atoms with Crippen LogP contribution in [0.3, 0.4) is 0 Å². The third-order valence-corrected chi connectivity index (χ3v) is 12.7. The van der Waals surface area contributed by atoms with Gasteiger partial charge in [0.1, 0.15) is 0 Å². The average molecular weight is 815 g/mol. The van der Waals surface area contributed by atoms with Crippen LogP contribution in [0.1, 0.15) is 0 Å². The van der Waals surface area contributed by atoms with Crippen LogP contribution >= 0.6 is 0 Å². The molecule has 2 nitrogen and oxygen atoms in total. The van der Waals surface area contributed by atoms with Gasteiger partial charge < -0.3 is 9.47 Å². The summed E-state index contributed by atoms with van der Waals surface area (Å²) < 4.78 is 2.43. The molecular formula is C62H42N2. The number of fused-ring (bicyclic) bond motifs is 6. The summed E-state index contributed by atoms with van der Waals surface area (Å²) >= 11 is 0. The molecule has 300 valence electrons. The fourth-order valence-electron chi connectivity index (χ4n) is 9.99. The molecule has 0 saturated carbocycles. The van der Waals surface area contributed by atoms with Gasteiger partial charge in [0.05, 0.1) is 16.7 Å². The molecule has 0 spiro atoms. The van der Waals surface area contributed by atoms with Crippen molar-refractivity contribution < 1.29 is 0 Å². The molecule has 0 radical (unpaired) electrons. The van der Waals surface area contributed by atoms with Crippen molar-refractivity contribution in [2.24, 2.45) is 0 Å². The van der Waals surface area contributed by atoms with Crippen molar-refractivity contribution in [3.05, 3.63) is 255 Å². The highest BCUT2D eigenvalue weighted by Crippen LogP contribution is 2.48. The van der Waals surface area contributed by atoms with Crippen molar-refractivity contribution in [1.29, 1.82) is 0 Å². The van der Waals surface area contributed by atoms with Gasteiger partial charge in [-0.05, 0) is 103 Å². The predicted molar refractivity (Wildman–Crippen MR) is 272 cm³/mol. The zero-order chi connectivity index (χ0) is 42.4. The van der Waals surface area contributed by atoms with Gasteiger partial charge in [-0.1, -0.05) is 206 Å². The Morgan fingerprint density at radius 2 is 0.781 bits per heavy atom. The number of anilines is 3. The Labute approximate surface area is 373 Å². The largest absolute Gasteiger partial charge is 0.310 e. The second-order valence-corrected chi connectivity index (χ2v) is 16.4. The first-order valence-electron chi connectivity index (χ1n) is 22.0. The topological polar surface area (TPSA) is 8.17 Å². The highest BCUT2D eigenvalue weighted by molar-refractivity contribution is 6.22. The minimum Gasteiger partial charge on any atom is -0.310 e. The van der Waals surface area contributed by atoms with Crippen molar-refractivity contribution in [2.75, 3.05) is 4.90 Å². The van der Waals surface area contributed by atoms with Crippen LogP contribution in [-0.4, -0.2) is 4.57 Å². The SMILES string of the molecule is c1ccc(-c2ccccc2N(c2cccc(-c3cccc4c5ccccc5n(-c5ccccc5)c34)c2)c2ccc3c(c2)c(-c2ccccc2)c(-c2ccccc2)c2ccccc23)cc1. The van der Waals surface area contributed by atoms with Gasteiger partial charge in [-0.15, -0.1) is 0 Å². The number of hydrogen-bond donors (Lipinski definition) is 0. The first-order valence-corrected chi connectivity index (χ1v) is 22.0. The molecule has 0 aliphatic heterocycles. The zero-order valence-electron chi connectivity index (χ0n) is 35.1. The van der Waals surface area contributed by atoms with Crippen LogP contribution in [0, 0.1) is 0 Å². The smallest absolute Gasteiger partial charge is 0.0619 e. The standard InChI is InChI=1S/C62H42N2/c1-5-21-43(22-6-1)50-31-15-17-37-58(50)63(48-30-19-27-46(41-48)51-35-20-36-56-54-33-16-18-38-59(54)64(62(51)56)47-28-11-4-12-29-47)49-39-40-53-52-32-13-14-34-55(52)60(44-23-7-2-8-24-44)61(57(53)42-49)45-25-9-3-10-26-45/h1-42H. The lowest BCUT2D eigenvalue weighted by Crippen LogP contribution is -2.11. The van der Waals surface area contributed by atoms with E-state index in [9.17, 15) is 0 Å². The molecule has 64 heavy (non-hydrogen) atoms.